The van der Waals surface area contributed by atoms with Crippen LogP contribution in [-0.2, 0) is 4.74 Å². The lowest BCUT2D eigenvalue weighted by Gasteiger charge is -2.47. The second-order valence-electron chi connectivity index (χ2n) is 5.30. The van der Waals surface area contributed by atoms with Crippen molar-refractivity contribution < 1.29 is 4.74 Å². The minimum atomic E-state index is 0.230. The van der Waals surface area contributed by atoms with E-state index in [0.29, 0.717) is 12.1 Å². The molecule has 1 aliphatic rings. The standard InChI is InChI=1S/C12H26N2O/c1-6-11-7-13-12(3,4)9-14(11)10(2)8-15-5/h10-11,13H,6-9H2,1-5H3. The monoisotopic (exact) mass is 214 g/mol. The summed E-state index contributed by atoms with van der Waals surface area (Å²) in [6.45, 7) is 12.1. The average Bonchev–Trinajstić information content (AvgIpc) is 2.17. The summed E-state index contributed by atoms with van der Waals surface area (Å²) in [7, 11) is 1.78. The highest BCUT2D eigenvalue weighted by Crippen LogP contribution is 2.19. The molecule has 0 aromatic carbocycles. The van der Waals surface area contributed by atoms with Gasteiger partial charge in [0.15, 0.2) is 0 Å². The number of hydrogen-bond acceptors (Lipinski definition) is 3. The first-order valence-electron chi connectivity index (χ1n) is 6.00. The van der Waals surface area contributed by atoms with Crippen LogP contribution in [0.1, 0.15) is 34.1 Å². The highest BCUT2D eigenvalue weighted by Gasteiger charge is 2.33. The smallest absolute Gasteiger partial charge is 0.0615 e. The molecule has 0 bridgehead atoms. The maximum absolute atomic E-state index is 5.26. The van der Waals surface area contributed by atoms with Crippen LogP contribution in [0.3, 0.4) is 0 Å². The fourth-order valence-electron chi connectivity index (χ4n) is 2.38. The van der Waals surface area contributed by atoms with Gasteiger partial charge in [-0.25, -0.2) is 0 Å². The minimum Gasteiger partial charge on any atom is -0.383 e. The van der Waals surface area contributed by atoms with E-state index >= 15 is 0 Å². The number of methoxy groups -OCH3 is 1. The van der Waals surface area contributed by atoms with Gasteiger partial charge >= 0.3 is 0 Å². The number of nitrogens with zero attached hydrogens (tertiary/aromatic N) is 1. The fraction of sp³-hybridized carbons (Fsp3) is 1.00. The molecule has 0 spiro atoms. The third-order valence-corrected chi connectivity index (χ3v) is 3.31. The molecule has 1 rings (SSSR count). The Hall–Kier alpha value is -0.120. The van der Waals surface area contributed by atoms with Gasteiger partial charge in [0, 0.05) is 37.8 Å². The maximum atomic E-state index is 5.26. The highest BCUT2D eigenvalue weighted by molar-refractivity contribution is 4.93. The molecule has 1 N–H and O–H groups in total. The van der Waals surface area contributed by atoms with Crippen LogP contribution >= 0.6 is 0 Å². The summed E-state index contributed by atoms with van der Waals surface area (Å²) < 4.78 is 5.26. The SMILES string of the molecule is CCC1CNC(C)(C)CN1C(C)COC. The molecule has 1 fully saturated rings. The van der Waals surface area contributed by atoms with Crippen molar-refractivity contribution in [2.75, 3.05) is 26.8 Å². The van der Waals surface area contributed by atoms with E-state index in [2.05, 4.69) is 37.9 Å². The number of rotatable bonds is 4. The predicted molar refractivity (Wildman–Crippen MR) is 64.2 cm³/mol. The Balaban J connectivity index is 2.62. The van der Waals surface area contributed by atoms with Crippen molar-refractivity contribution in [1.82, 2.24) is 10.2 Å². The lowest BCUT2D eigenvalue weighted by Crippen LogP contribution is -2.63. The number of nitrogens with one attached hydrogen (secondary N) is 1. The zero-order chi connectivity index (χ0) is 11.5. The third kappa shape index (κ3) is 3.44. The molecule has 0 aromatic rings. The molecule has 0 amide bonds. The first-order valence-corrected chi connectivity index (χ1v) is 6.00. The van der Waals surface area contributed by atoms with Gasteiger partial charge < -0.3 is 10.1 Å². The Labute approximate surface area is 94.2 Å². The van der Waals surface area contributed by atoms with E-state index in [0.717, 1.165) is 19.7 Å². The highest BCUT2D eigenvalue weighted by atomic mass is 16.5. The van der Waals surface area contributed by atoms with Crippen molar-refractivity contribution in [2.24, 2.45) is 0 Å². The van der Waals surface area contributed by atoms with Crippen LogP contribution in [0.25, 0.3) is 0 Å². The first-order chi connectivity index (χ1) is 7.00. The van der Waals surface area contributed by atoms with Crippen LogP contribution in [-0.4, -0.2) is 49.3 Å². The van der Waals surface area contributed by atoms with Gasteiger partial charge in [-0.05, 0) is 27.2 Å². The molecule has 1 saturated heterocycles. The third-order valence-electron chi connectivity index (χ3n) is 3.31. The molecular formula is C12H26N2O. The van der Waals surface area contributed by atoms with Gasteiger partial charge in [0.2, 0.25) is 0 Å². The van der Waals surface area contributed by atoms with Gasteiger partial charge in [-0.1, -0.05) is 6.92 Å². The largest absolute Gasteiger partial charge is 0.383 e. The first kappa shape index (κ1) is 12.9. The lowest BCUT2D eigenvalue weighted by molar-refractivity contribution is 0.0223. The van der Waals surface area contributed by atoms with Crippen molar-refractivity contribution >= 4 is 0 Å². The maximum Gasteiger partial charge on any atom is 0.0615 e. The zero-order valence-electron chi connectivity index (χ0n) is 10.8. The van der Waals surface area contributed by atoms with Crippen LogP contribution in [0.4, 0.5) is 0 Å². The van der Waals surface area contributed by atoms with Crippen molar-refractivity contribution in [1.29, 1.82) is 0 Å². The minimum absolute atomic E-state index is 0.230. The average molecular weight is 214 g/mol. The molecule has 0 radical (unpaired) electrons. The topological polar surface area (TPSA) is 24.5 Å². The summed E-state index contributed by atoms with van der Waals surface area (Å²) in [6.07, 6.45) is 1.21. The van der Waals surface area contributed by atoms with Crippen LogP contribution < -0.4 is 5.32 Å². The zero-order valence-corrected chi connectivity index (χ0v) is 10.8. The molecule has 3 nitrogen and oxygen atoms in total. The van der Waals surface area contributed by atoms with Crippen LogP contribution in [0.5, 0.6) is 0 Å². The van der Waals surface area contributed by atoms with E-state index in [1.54, 1.807) is 7.11 Å². The summed E-state index contributed by atoms with van der Waals surface area (Å²) in [6, 6.07) is 1.17. The van der Waals surface area contributed by atoms with Crippen LogP contribution in [0.15, 0.2) is 0 Å². The van der Waals surface area contributed by atoms with Gasteiger partial charge in [0.1, 0.15) is 0 Å². The molecule has 0 saturated carbocycles. The molecule has 3 heteroatoms. The van der Waals surface area contributed by atoms with E-state index < -0.39 is 0 Å². The normalized spacial score (nSPS) is 29.0. The van der Waals surface area contributed by atoms with Crippen molar-refractivity contribution in [3.05, 3.63) is 0 Å². The van der Waals surface area contributed by atoms with Crippen molar-refractivity contribution in [3.63, 3.8) is 0 Å². The van der Waals surface area contributed by atoms with Gasteiger partial charge in [0.05, 0.1) is 6.61 Å². The second-order valence-corrected chi connectivity index (χ2v) is 5.30. The molecule has 90 valence electrons. The Kier molecular flexibility index (Phi) is 4.56. The summed E-state index contributed by atoms with van der Waals surface area (Å²) in [4.78, 5) is 2.58. The molecule has 15 heavy (non-hydrogen) atoms. The van der Waals surface area contributed by atoms with Crippen LogP contribution in [0, 0.1) is 0 Å². The van der Waals surface area contributed by atoms with Crippen molar-refractivity contribution in [3.8, 4) is 0 Å². The number of piperazine rings is 1. The lowest BCUT2D eigenvalue weighted by atomic mass is 9.96. The molecule has 2 atom stereocenters. The predicted octanol–water partition coefficient (Wildman–Crippen LogP) is 1.48. The van der Waals surface area contributed by atoms with Crippen molar-refractivity contribution in [2.45, 2.75) is 51.7 Å². The molecule has 1 heterocycles. The Bertz CT molecular complexity index is 194. The summed E-state index contributed by atoms with van der Waals surface area (Å²) in [5.41, 5.74) is 0.230. The number of ether oxygens (including phenoxy) is 1. The van der Waals surface area contributed by atoms with E-state index in [4.69, 9.17) is 4.74 Å². The Morgan fingerprint density at radius 3 is 2.73 bits per heavy atom. The van der Waals surface area contributed by atoms with Gasteiger partial charge in [-0.3, -0.25) is 4.90 Å². The molecule has 1 aliphatic heterocycles. The van der Waals surface area contributed by atoms with E-state index in [1.165, 1.54) is 6.42 Å². The Morgan fingerprint density at radius 2 is 2.20 bits per heavy atom. The Morgan fingerprint density at radius 1 is 1.53 bits per heavy atom. The van der Waals surface area contributed by atoms with E-state index in [1.807, 2.05) is 0 Å². The van der Waals surface area contributed by atoms with Gasteiger partial charge in [-0.2, -0.15) is 0 Å². The summed E-state index contributed by atoms with van der Waals surface area (Å²) >= 11 is 0. The molecule has 0 aromatic heterocycles. The van der Waals surface area contributed by atoms with Crippen LogP contribution in [0.2, 0.25) is 0 Å². The van der Waals surface area contributed by atoms with Gasteiger partial charge in [0.25, 0.3) is 0 Å². The molecular weight excluding hydrogens is 188 g/mol. The molecule has 0 aliphatic carbocycles. The van der Waals surface area contributed by atoms with Gasteiger partial charge in [-0.15, -0.1) is 0 Å². The quantitative estimate of drug-likeness (QED) is 0.767. The fourth-order valence-corrected chi connectivity index (χ4v) is 2.38. The van der Waals surface area contributed by atoms with E-state index in [9.17, 15) is 0 Å². The summed E-state index contributed by atoms with van der Waals surface area (Å²) in [5, 5.41) is 3.60. The number of hydrogen-bond donors (Lipinski definition) is 1. The summed E-state index contributed by atoms with van der Waals surface area (Å²) in [5.74, 6) is 0. The second kappa shape index (κ2) is 5.28. The van der Waals surface area contributed by atoms with E-state index in [-0.39, 0.29) is 5.54 Å². The molecule has 2 unspecified atom stereocenters.